The lowest BCUT2D eigenvalue weighted by atomic mass is 10.1. The van der Waals surface area contributed by atoms with Crippen LogP contribution in [0.15, 0.2) is 54.0 Å². The Labute approximate surface area is 159 Å². The van der Waals surface area contributed by atoms with Gasteiger partial charge in [0.05, 0.1) is 23.3 Å². The van der Waals surface area contributed by atoms with Gasteiger partial charge in [0.2, 0.25) is 0 Å². The van der Waals surface area contributed by atoms with Crippen LogP contribution < -0.4 is 5.32 Å². The van der Waals surface area contributed by atoms with Gasteiger partial charge in [-0.2, -0.15) is 5.10 Å². The molecule has 1 amide bonds. The van der Waals surface area contributed by atoms with Gasteiger partial charge in [0.15, 0.2) is 5.82 Å². The molecule has 0 aliphatic carbocycles. The predicted octanol–water partition coefficient (Wildman–Crippen LogP) is 4.57. The molecule has 0 fully saturated rings. The molecule has 27 heavy (non-hydrogen) atoms. The SMILES string of the molecule is Cc1ncsc1C(=O)Nc1nn(Cc2ccc(CF)cc2)c2ccccc12. The third kappa shape index (κ3) is 3.46. The van der Waals surface area contributed by atoms with Gasteiger partial charge in [-0.15, -0.1) is 11.3 Å². The Morgan fingerprint density at radius 2 is 1.89 bits per heavy atom. The van der Waals surface area contributed by atoms with E-state index in [2.05, 4.69) is 15.4 Å². The number of hydrogen-bond acceptors (Lipinski definition) is 4. The number of amides is 1. The monoisotopic (exact) mass is 380 g/mol. The third-order valence-electron chi connectivity index (χ3n) is 4.35. The van der Waals surface area contributed by atoms with Crippen molar-refractivity contribution in [2.45, 2.75) is 20.1 Å². The zero-order valence-electron chi connectivity index (χ0n) is 14.6. The van der Waals surface area contributed by atoms with Crippen LogP contribution in [0, 0.1) is 6.92 Å². The second-order valence-corrected chi connectivity index (χ2v) is 7.05. The van der Waals surface area contributed by atoms with Gasteiger partial charge in [-0.25, -0.2) is 9.37 Å². The average Bonchev–Trinajstić information content (AvgIpc) is 3.27. The van der Waals surface area contributed by atoms with E-state index in [0.717, 1.165) is 16.5 Å². The van der Waals surface area contributed by atoms with Crippen LogP contribution in [-0.4, -0.2) is 20.7 Å². The third-order valence-corrected chi connectivity index (χ3v) is 5.28. The number of para-hydroxylation sites is 1. The molecule has 0 bridgehead atoms. The minimum atomic E-state index is -0.474. The number of carbonyl (C=O) groups is 1. The smallest absolute Gasteiger partial charge is 0.268 e. The topological polar surface area (TPSA) is 59.8 Å². The molecule has 5 nitrogen and oxygen atoms in total. The standard InChI is InChI=1S/C20H17FN4OS/c1-13-18(27-12-22-13)20(26)23-19-16-4-2-3-5-17(16)25(24-19)11-15-8-6-14(10-21)7-9-15/h2-9,12H,10-11H2,1H3,(H,23,24,26). The van der Waals surface area contributed by atoms with Crippen molar-refractivity contribution in [1.29, 1.82) is 0 Å². The fourth-order valence-electron chi connectivity index (χ4n) is 2.93. The molecular formula is C20H17FN4OS. The number of hydrogen-bond donors (Lipinski definition) is 1. The van der Waals surface area contributed by atoms with E-state index >= 15 is 0 Å². The Morgan fingerprint density at radius 3 is 2.59 bits per heavy atom. The molecule has 0 aliphatic rings. The van der Waals surface area contributed by atoms with E-state index < -0.39 is 6.67 Å². The lowest BCUT2D eigenvalue weighted by molar-refractivity contribution is 0.102. The Bertz CT molecular complexity index is 1100. The highest BCUT2D eigenvalue weighted by atomic mass is 32.1. The molecule has 136 valence electrons. The summed E-state index contributed by atoms with van der Waals surface area (Å²) in [4.78, 5) is 17.3. The van der Waals surface area contributed by atoms with Gasteiger partial charge in [-0.3, -0.25) is 9.48 Å². The van der Waals surface area contributed by atoms with Crippen LogP contribution >= 0.6 is 11.3 Å². The number of halogens is 1. The zero-order chi connectivity index (χ0) is 18.8. The highest BCUT2D eigenvalue weighted by Crippen LogP contribution is 2.25. The molecule has 2 heterocycles. The highest BCUT2D eigenvalue weighted by molar-refractivity contribution is 7.12. The maximum atomic E-state index is 12.7. The summed E-state index contributed by atoms with van der Waals surface area (Å²) in [5, 5.41) is 8.37. The molecule has 0 spiro atoms. The average molecular weight is 380 g/mol. The Hall–Kier alpha value is -3.06. The largest absolute Gasteiger partial charge is 0.304 e. The van der Waals surface area contributed by atoms with E-state index in [1.54, 1.807) is 17.6 Å². The van der Waals surface area contributed by atoms with E-state index in [4.69, 9.17) is 0 Å². The first-order valence-corrected chi connectivity index (χ1v) is 9.34. The second kappa shape index (κ2) is 7.28. The summed E-state index contributed by atoms with van der Waals surface area (Å²) in [6.45, 7) is 1.86. The number of aryl methyl sites for hydroxylation is 1. The van der Waals surface area contributed by atoms with Crippen LogP contribution in [0.3, 0.4) is 0 Å². The number of rotatable bonds is 5. The van der Waals surface area contributed by atoms with Gasteiger partial charge in [-0.05, 0) is 30.2 Å². The summed E-state index contributed by atoms with van der Waals surface area (Å²) in [5.74, 6) is 0.307. The normalized spacial score (nSPS) is 11.0. The number of benzene rings is 2. The number of fused-ring (bicyclic) bond motifs is 1. The van der Waals surface area contributed by atoms with E-state index in [0.29, 0.717) is 28.5 Å². The van der Waals surface area contributed by atoms with Gasteiger partial charge in [0, 0.05) is 5.39 Å². The molecule has 4 aromatic rings. The number of aromatic nitrogens is 3. The highest BCUT2D eigenvalue weighted by Gasteiger charge is 2.17. The fraction of sp³-hybridized carbons (Fsp3) is 0.150. The van der Waals surface area contributed by atoms with Crippen LogP contribution in [0.5, 0.6) is 0 Å². The number of nitrogens with zero attached hydrogens (tertiary/aromatic N) is 3. The maximum absolute atomic E-state index is 12.7. The molecule has 0 aliphatic heterocycles. The first-order chi connectivity index (χ1) is 13.2. The first-order valence-electron chi connectivity index (χ1n) is 8.46. The summed E-state index contributed by atoms with van der Waals surface area (Å²) >= 11 is 1.31. The van der Waals surface area contributed by atoms with Gasteiger partial charge < -0.3 is 5.32 Å². The fourth-order valence-corrected chi connectivity index (χ4v) is 3.63. The van der Waals surface area contributed by atoms with Gasteiger partial charge in [0.25, 0.3) is 5.91 Å². The molecule has 7 heteroatoms. The second-order valence-electron chi connectivity index (χ2n) is 6.19. The molecule has 1 N–H and O–H groups in total. The summed E-state index contributed by atoms with van der Waals surface area (Å²) in [7, 11) is 0. The molecule has 0 saturated carbocycles. The molecule has 2 aromatic carbocycles. The maximum Gasteiger partial charge on any atom is 0.268 e. The molecule has 0 unspecified atom stereocenters. The van der Waals surface area contributed by atoms with Crippen molar-refractivity contribution in [2.75, 3.05) is 5.32 Å². The van der Waals surface area contributed by atoms with Crippen molar-refractivity contribution in [3.63, 3.8) is 0 Å². The van der Waals surface area contributed by atoms with E-state index in [1.165, 1.54) is 11.3 Å². The predicted molar refractivity (Wildman–Crippen MR) is 105 cm³/mol. The Morgan fingerprint density at radius 1 is 1.15 bits per heavy atom. The van der Waals surface area contributed by atoms with Crippen LogP contribution in [-0.2, 0) is 13.2 Å². The number of anilines is 1. The van der Waals surface area contributed by atoms with E-state index in [9.17, 15) is 9.18 Å². The van der Waals surface area contributed by atoms with Gasteiger partial charge in [-0.1, -0.05) is 36.4 Å². The van der Waals surface area contributed by atoms with Crippen LogP contribution in [0.4, 0.5) is 10.2 Å². The van der Waals surface area contributed by atoms with Crippen molar-refractivity contribution in [3.05, 3.63) is 75.7 Å². The van der Waals surface area contributed by atoms with Crippen LogP contribution in [0.1, 0.15) is 26.5 Å². The number of alkyl halides is 1. The van der Waals surface area contributed by atoms with Crippen molar-refractivity contribution in [3.8, 4) is 0 Å². The van der Waals surface area contributed by atoms with Gasteiger partial charge in [0.1, 0.15) is 11.6 Å². The minimum absolute atomic E-state index is 0.210. The molecule has 0 saturated heterocycles. The van der Waals surface area contributed by atoms with Crippen LogP contribution in [0.25, 0.3) is 10.9 Å². The summed E-state index contributed by atoms with van der Waals surface area (Å²) in [5.41, 5.74) is 4.94. The van der Waals surface area contributed by atoms with Crippen molar-refractivity contribution >= 4 is 34.0 Å². The lowest BCUT2D eigenvalue weighted by Gasteiger charge is -2.04. The zero-order valence-corrected chi connectivity index (χ0v) is 15.5. The Kier molecular flexibility index (Phi) is 4.68. The molecular weight excluding hydrogens is 363 g/mol. The molecule has 2 aromatic heterocycles. The summed E-state index contributed by atoms with van der Waals surface area (Å²) in [6.07, 6.45) is 0. The number of nitrogens with one attached hydrogen (secondary N) is 1. The van der Waals surface area contributed by atoms with Crippen molar-refractivity contribution in [2.24, 2.45) is 0 Å². The minimum Gasteiger partial charge on any atom is -0.304 e. The number of thiazole rings is 1. The van der Waals surface area contributed by atoms with E-state index in [-0.39, 0.29) is 5.91 Å². The first kappa shape index (κ1) is 17.4. The Balaban J connectivity index is 1.66. The molecule has 4 rings (SSSR count). The lowest BCUT2D eigenvalue weighted by Crippen LogP contribution is -2.12. The summed E-state index contributed by atoms with van der Waals surface area (Å²) < 4.78 is 14.5. The summed E-state index contributed by atoms with van der Waals surface area (Å²) in [6, 6.07) is 15.1. The van der Waals surface area contributed by atoms with Crippen molar-refractivity contribution < 1.29 is 9.18 Å². The van der Waals surface area contributed by atoms with E-state index in [1.807, 2.05) is 48.0 Å². The quantitative estimate of drug-likeness (QED) is 0.552. The van der Waals surface area contributed by atoms with Crippen molar-refractivity contribution in [1.82, 2.24) is 14.8 Å². The van der Waals surface area contributed by atoms with Crippen LogP contribution in [0.2, 0.25) is 0 Å². The van der Waals surface area contributed by atoms with Gasteiger partial charge >= 0.3 is 0 Å². The number of carbonyl (C=O) groups excluding carboxylic acids is 1. The molecule has 0 atom stereocenters. The molecule has 0 radical (unpaired) electrons.